The average molecular weight is 337 g/mol. The van der Waals surface area contributed by atoms with Crippen LogP contribution in [0.15, 0.2) is 30.9 Å². The van der Waals surface area contributed by atoms with Gasteiger partial charge >= 0.3 is 0 Å². The van der Waals surface area contributed by atoms with Gasteiger partial charge in [-0.25, -0.2) is 0 Å². The average Bonchev–Trinajstić information content (AvgIpc) is 2.52. The highest BCUT2D eigenvalue weighted by molar-refractivity contribution is 6.32. The molecule has 1 saturated heterocycles. The van der Waals surface area contributed by atoms with E-state index in [1.807, 2.05) is 23.1 Å². The van der Waals surface area contributed by atoms with Crippen molar-refractivity contribution in [3.63, 3.8) is 0 Å². The predicted octanol–water partition coefficient (Wildman–Crippen LogP) is 3.25. The standard InChI is InChI=1S/C18H25ClN2O2/c1-4-9-23-18-6-5-15(10-16(18)19)11-20-17-7-8-21(14(3)22)12-13(17)2/h4-6,10,13,17,20H,1,7-9,11-12H2,2-3H3/t13-,17+/m0/s1. The van der Waals surface area contributed by atoms with Gasteiger partial charge < -0.3 is 15.0 Å². The molecule has 0 unspecified atom stereocenters. The van der Waals surface area contributed by atoms with Gasteiger partial charge in [0.15, 0.2) is 0 Å². The Balaban J connectivity index is 1.87. The molecule has 5 heteroatoms. The summed E-state index contributed by atoms with van der Waals surface area (Å²) in [4.78, 5) is 13.4. The molecule has 2 atom stereocenters. The van der Waals surface area contributed by atoms with Crippen molar-refractivity contribution < 1.29 is 9.53 Å². The van der Waals surface area contributed by atoms with E-state index in [0.717, 1.165) is 31.6 Å². The van der Waals surface area contributed by atoms with E-state index in [9.17, 15) is 4.79 Å². The van der Waals surface area contributed by atoms with Gasteiger partial charge in [0, 0.05) is 32.6 Å². The molecular formula is C18H25ClN2O2. The van der Waals surface area contributed by atoms with Crippen LogP contribution in [0.1, 0.15) is 25.8 Å². The minimum atomic E-state index is 0.164. The van der Waals surface area contributed by atoms with Crippen LogP contribution in [0, 0.1) is 5.92 Å². The van der Waals surface area contributed by atoms with Crippen molar-refractivity contribution in [1.29, 1.82) is 0 Å². The number of halogens is 1. The van der Waals surface area contributed by atoms with Gasteiger partial charge in [0.2, 0.25) is 5.91 Å². The van der Waals surface area contributed by atoms with E-state index in [4.69, 9.17) is 16.3 Å². The molecule has 1 heterocycles. The minimum Gasteiger partial charge on any atom is -0.488 e. The van der Waals surface area contributed by atoms with Crippen LogP contribution >= 0.6 is 11.6 Å². The largest absolute Gasteiger partial charge is 0.488 e. The number of nitrogens with one attached hydrogen (secondary N) is 1. The molecule has 1 N–H and O–H groups in total. The summed E-state index contributed by atoms with van der Waals surface area (Å²) in [7, 11) is 0. The van der Waals surface area contributed by atoms with Gasteiger partial charge in [0.25, 0.3) is 0 Å². The summed E-state index contributed by atoms with van der Waals surface area (Å²) in [6.45, 7) is 10.3. The molecule has 1 aromatic carbocycles. The zero-order valence-electron chi connectivity index (χ0n) is 13.8. The molecule has 1 amide bonds. The Bertz CT molecular complexity index is 562. The van der Waals surface area contributed by atoms with Crippen molar-refractivity contribution in [2.45, 2.75) is 32.9 Å². The first kappa shape index (κ1) is 17.8. The van der Waals surface area contributed by atoms with Crippen molar-refractivity contribution in [1.82, 2.24) is 10.2 Å². The van der Waals surface area contributed by atoms with E-state index in [2.05, 4.69) is 18.8 Å². The fraction of sp³-hybridized carbons (Fsp3) is 0.500. The second kappa shape index (κ2) is 8.37. The maximum absolute atomic E-state index is 11.4. The minimum absolute atomic E-state index is 0.164. The van der Waals surface area contributed by atoms with E-state index >= 15 is 0 Å². The molecule has 23 heavy (non-hydrogen) atoms. The predicted molar refractivity (Wildman–Crippen MR) is 93.8 cm³/mol. The Morgan fingerprint density at radius 2 is 2.35 bits per heavy atom. The fourth-order valence-corrected chi connectivity index (χ4v) is 3.16. The molecule has 1 aliphatic heterocycles. The number of nitrogens with zero attached hydrogens (tertiary/aromatic N) is 1. The monoisotopic (exact) mass is 336 g/mol. The van der Waals surface area contributed by atoms with E-state index in [0.29, 0.717) is 29.3 Å². The van der Waals surface area contributed by atoms with Crippen LogP contribution in [0.25, 0.3) is 0 Å². The van der Waals surface area contributed by atoms with Gasteiger partial charge in [0.1, 0.15) is 12.4 Å². The highest BCUT2D eigenvalue weighted by Crippen LogP contribution is 2.26. The smallest absolute Gasteiger partial charge is 0.219 e. The quantitative estimate of drug-likeness (QED) is 0.811. The van der Waals surface area contributed by atoms with Crippen molar-refractivity contribution >= 4 is 17.5 Å². The first-order valence-corrected chi connectivity index (χ1v) is 8.40. The van der Waals surface area contributed by atoms with Crippen molar-refractivity contribution in [2.24, 2.45) is 5.92 Å². The molecular weight excluding hydrogens is 312 g/mol. The Kier molecular flexibility index (Phi) is 6.48. The Morgan fingerprint density at radius 3 is 2.96 bits per heavy atom. The number of hydrogen-bond acceptors (Lipinski definition) is 3. The van der Waals surface area contributed by atoms with Crippen LogP contribution in [0.3, 0.4) is 0 Å². The molecule has 1 aliphatic rings. The molecule has 2 rings (SSSR count). The third-order valence-corrected chi connectivity index (χ3v) is 4.57. The number of amides is 1. The van der Waals surface area contributed by atoms with Crippen molar-refractivity contribution in [3.8, 4) is 5.75 Å². The van der Waals surface area contributed by atoms with Gasteiger partial charge in [0.05, 0.1) is 5.02 Å². The van der Waals surface area contributed by atoms with Crippen LogP contribution in [0.5, 0.6) is 5.75 Å². The van der Waals surface area contributed by atoms with E-state index in [1.54, 1.807) is 13.0 Å². The Labute approximate surface area is 143 Å². The zero-order chi connectivity index (χ0) is 16.8. The van der Waals surface area contributed by atoms with Crippen LogP contribution in [0.2, 0.25) is 5.02 Å². The second-order valence-corrected chi connectivity index (χ2v) is 6.49. The summed E-state index contributed by atoms with van der Waals surface area (Å²) < 4.78 is 5.48. The van der Waals surface area contributed by atoms with Crippen LogP contribution < -0.4 is 10.1 Å². The number of ether oxygens (including phenoxy) is 1. The highest BCUT2D eigenvalue weighted by Gasteiger charge is 2.26. The number of likely N-dealkylation sites (tertiary alicyclic amines) is 1. The molecule has 0 saturated carbocycles. The number of benzene rings is 1. The summed E-state index contributed by atoms with van der Waals surface area (Å²) in [6, 6.07) is 6.26. The molecule has 1 aromatic rings. The fourth-order valence-electron chi connectivity index (χ4n) is 2.90. The Morgan fingerprint density at radius 1 is 1.57 bits per heavy atom. The van der Waals surface area contributed by atoms with Gasteiger partial charge in [-0.15, -0.1) is 0 Å². The Hall–Kier alpha value is -1.52. The van der Waals surface area contributed by atoms with Crippen LogP contribution in [-0.4, -0.2) is 36.5 Å². The summed E-state index contributed by atoms with van der Waals surface area (Å²) in [5, 5.41) is 4.20. The molecule has 4 nitrogen and oxygen atoms in total. The SMILES string of the molecule is C=CCOc1ccc(CN[C@@H]2CCN(C(C)=O)C[C@@H]2C)cc1Cl. The first-order valence-electron chi connectivity index (χ1n) is 8.02. The molecule has 1 fully saturated rings. The normalized spacial score (nSPS) is 21.1. The molecule has 0 spiro atoms. The number of hydrogen-bond donors (Lipinski definition) is 1. The second-order valence-electron chi connectivity index (χ2n) is 6.08. The third-order valence-electron chi connectivity index (χ3n) is 4.27. The van der Waals surface area contributed by atoms with Gasteiger partial charge in [-0.2, -0.15) is 0 Å². The number of piperidine rings is 1. The van der Waals surface area contributed by atoms with Crippen molar-refractivity contribution in [2.75, 3.05) is 19.7 Å². The summed E-state index contributed by atoms with van der Waals surface area (Å²) in [5.41, 5.74) is 1.13. The third kappa shape index (κ3) is 4.98. The maximum atomic E-state index is 11.4. The number of carbonyl (C=O) groups is 1. The maximum Gasteiger partial charge on any atom is 0.219 e. The molecule has 0 radical (unpaired) electrons. The molecule has 0 aliphatic carbocycles. The number of carbonyl (C=O) groups excluding carboxylic acids is 1. The topological polar surface area (TPSA) is 41.6 Å². The van der Waals surface area contributed by atoms with E-state index < -0.39 is 0 Å². The van der Waals surface area contributed by atoms with E-state index in [1.165, 1.54) is 0 Å². The summed E-state index contributed by atoms with van der Waals surface area (Å²) in [6.07, 6.45) is 2.68. The lowest BCUT2D eigenvalue weighted by Crippen LogP contribution is -2.49. The van der Waals surface area contributed by atoms with Gasteiger partial charge in [-0.05, 0) is 30.0 Å². The number of rotatable bonds is 6. The van der Waals surface area contributed by atoms with E-state index in [-0.39, 0.29) is 5.91 Å². The molecule has 126 valence electrons. The van der Waals surface area contributed by atoms with Gasteiger partial charge in [-0.1, -0.05) is 37.2 Å². The zero-order valence-corrected chi connectivity index (χ0v) is 14.6. The lowest BCUT2D eigenvalue weighted by molar-refractivity contribution is -0.130. The van der Waals surface area contributed by atoms with Crippen LogP contribution in [-0.2, 0) is 11.3 Å². The van der Waals surface area contributed by atoms with Gasteiger partial charge in [-0.3, -0.25) is 4.79 Å². The first-order chi connectivity index (χ1) is 11.0. The summed E-state index contributed by atoms with van der Waals surface area (Å²) >= 11 is 6.24. The molecule has 0 bridgehead atoms. The summed E-state index contributed by atoms with van der Waals surface area (Å²) in [5.74, 6) is 1.29. The van der Waals surface area contributed by atoms with Crippen LogP contribution in [0.4, 0.5) is 0 Å². The highest BCUT2D eigenvalue weighted by atomic mass is 35.5. The lowest BCUT2D eigenvalue weighted by Gasteiger charge is -2.37. The lowest BCUT2D eigenvalue weighted by atomic mass is 9.93. The van der Waals surface area contributed by atoms with Crippen molar-refractivity contribution in [3.05, 3.63) is 41.4 Å². The molecule has 0 aromatic heterocycles.